The quantitative estimate of drug-likeness (QED) is 0.285. The van der Waals surface area contributed by atoms with E-state index in [4.69, 9.17) is 14.2 Å². The van der Waals surface area contributed by atoms with Crippen molar-refractivity contribution in [2.24, 2.45) is 0 Å². The van der Waals surface area contributed by atoms with Gasteiger partial charge in [-0.3, -0.25) is 0 Å². The van der Waals surface area contributed by atoms with E-state index in [1.165, 1.54) is 0 Å². The Morgan fingerprint density at radius 1 is 0.500 bits per heavy atom. The molecule has 0 saturated carbocycles. The molecule has 0 saturated heterocycles. The smallest absolute Gasteiger partial charge is 0.122 e. The fourth-order valence-electron chi connectivity index (χ4n) is 3.20. The van der Waals surface area contributed by atoms with Crippen molar-refractivity contribution < 1.29 is 14.2 Å². The monoisotopic (exact) mass is 425 g/mol. The van der Waals surface area contributed by atoms with Crippen molar-refractivity contribution in [1.82, 2.24) is 0 Å². The van der Waals surface area contributed by atoms with Crippen molar-refractivity contribution in [2.45, 2.75) is 13.2 Å². The minimum absolute atomic E-state index is 0.496. The maximum atomic E-state index is 5.85. The summed E-state index contributed by atoms with van der Waals surface area (Å²) in [6.07, 6.45) is 0. The highest BCUT2D eigenvalue weighted by Crippen LogP contribution is 2.19. The van der Waals surface area contributed by atoms with Crippen LogP contribution in [0.3, 0.4) is 0 Å². The molecule has 0 aliphatic rings. The molecule has 4 heteroatoms. The van der Waals surface area contributed by atoms with E-state index in [1.807, 2.05) is 91.0 Å². The van der Waals surface area contributed by atoms with Crippen LogP contribution in [-0.2, 0) is 13.2 Å². The third-order valence-corrected chi connectivity index (χ3v) is 4.86. The van der Waals surface area contributed by atoms with E-state index in [-0.39, 0.29) is 0 Å². The molecule has 4 aromatic rings. The van der Waals surface area contributed by atoms with Crippen LogP contribution in [0.25, 0.3) is 0 Å². The van der Waals surface area contributed by atoms with Crippen LogP contribution in [0.4, 0.5) is 5.69 Å². The average molecular weight is 426 g/mol. The maximum Gasteiger partial charge on any atom is 0.122 e. The number of hydrogen-bond acceptors (Lipinski definition) is 4. The van der Waals surface area contributed by atoms with Gasteiger partial charge in [0.25, 0.3) is 0 Å². The topological polar surface area (TPSA) is 39.7 Å². The first-order valence-electron chi connectivity index (χ1n) is 10.8. The summed E-state index contributed by atoms with van der Waals surface area (Å²) in [5, 5.41) is 3.44. The Labute approximate surface area is 189 Å². The molecule has 0 amide bonds. The van der Waals surface area contributed by atoms with Crippen molar-refractivity contribution in [3.8, 4) is 17.2 Å². The predicted molar refractivity (Wildman–Crippen MR) is 128 cm³/mol. The van der Waals surface area contributed by atoms with E-state index in [2.05, 4.69) is 23.5 Å². The summed E-state index contributed by atoms with van der Waals surface area (Å²) in [7, 11) is 0. The zero-order valence-electron chi connectivity index (χ0n) is 17.9. The molecule has 0 spiro atoms. The molecule has 0 unspecified atom stereocenters. The number of anilines is 1. The number of hydrogen-bond donors (Lipinski definition) is 1. The summed E-state index contributed by atoms with van der Waals surface area (Å²) >= 11 is 0. The zero-order valence-corrected chi connectivity index (χ0v) is 17.9. The Hall–Kier alpha value is -3.92. The molecule has 0 atom stereocenters. The van der Waals surface area contributed by atoms with Crippen LogP contribution in [0.2, 0.25) is 0 Å². The van der Waals surface area contributed by atoms with E-state index in [1.54, 1.807) is 0 Å². The molecule has 162 valence electrons. The molecule has 0 aliphatic carbocycles. The van der Waals surface area contributed by atoms with Gasteiger partial charge in [0.15, 0.2) is 0 Å². The Bertz CT molecular complexity index is 1070. The fraction of sp³-hybridized carbons (Fsp3) is 0.143. The van der Waals surface area contributed by atoms with E-state index in [0.717, 1.165) is 34.1 Å². The molecule has 4 aromatic carbocycles. The summed E-state index contributed by atoms with van der Waals surface area (Å²) in [5.74, 6) is 2.55. The lowest BCUT2D eigenvalue weighted by Crippen LogP contribution is -2.09. The minimum Gasteiger partial charge on any atom is -0.490 e. The second-order valence-electron chi connectivity index (χ2n) is 7.31. The summed E-state index contributed by atoms with van der Waals surface area (Å²) in [6.45, 7) is 2.28. The SMILES string of the molecule is c1ccc(COc2ccc(NCc3cccc(OCCOc4ccccc4)c3)cc2)cc1. The van der Waals surface area contributed by atoms with E-state index in [9.17, 15) is 0 Å². The van der Waals surface area contributed by atoms with Gasteiger partial charge in [-0.05, 0) is 59.7 Å². The van der Waals surface area contributed by atoms with E-state index >= 15 is 0 Å². The van der Waals surface area contributed by atoms with Gasteiger partial charge in [-0.15, -0.1) is 0 Å². The van der Waals surface area contributed by atoms with Crippen LogP contribution in [0.5, 0.6) is 17.2 Å². The van der Waals surface area contributed by atoms with E-state index in [0.29, 0.717) is 26.4 Å². The Balaban J connectivity index is 1.20. The molecule has 4 rings (SSSR count). The van der Waals surface area contributed by atoms with Gasteiger partial charge in [0.2, 0.25) is 0 Å². The highest BCUT2D eigenvalue weighted by Gasteiger charge is 2.00. The standard InChI is InChI=1S/C28H27NO3/c1-3-8-23(9-4-1)22-32-27-16-14-25(15-17-27)29-21-24-10-7-13-28(20-24)31-19-18-30-26-11-5-2-6-12-26/h1-17,20,29H,18-19,21-22H2. The van der Waals surface area contributed by atoms with Crippen molar-refractivity contribution in [3.05, 3.63) is 120 Å². The average Bonchev–Trinajstić information content (AvgIpc) is 2.86. The van der Waals surface area contributed by atoms with Gasteiger partial charge in [-0.2, -0.15) is 0 Å². The van der Waals surface area contributed by atoms with Crippen molar-refractivity contribution in [2.75, 3.05) is 18.5 Å². The van der Waals surface area contributed by atoms with Crippen LogP contribution in [0.15, 0.2) is 109 Å². The Kier molecular flexibility index (Phi) is 7.64. The second kappa shape index (κ2) is 11.5. The second-order valence-corrected chi connectivity index (χ2v) is 7.31. The van der Waals surface area contributed by atoms with Crippen LogP contribution in [0.1, 0.15) is 11.1 Å². The number of nitrogens with one attached hydrogen (secondary N) is 1. The molecular weight excluding hydrogens is 398 g/mol. The first-order chi connectivity index (χ1) is 15.8. The van der Waals surface area contributed by atoms with Crippen LogP contribution in [-0.4, -0.2) is 13.2 Å². The summed E-state index contributed by atoms with van der Waals surface area (Å²) < 4.78 is 17.3. The van der Waals surface area contributed by atoms with Gasteiger partial charge in [-0.25, -0.2) is 0 Å². The van der Waals surface area contributed by atoms with Gasteiger partial charge < -0.3 is 19.5 Å². The molecule has 1 N–H and O–H groups in total. The Morgan fingerprint density at radius 2 is 1.09 bits per heavy atom. The van der Waals surface area contributed by atoms with Crippen LogP contribution >= 0.6 is 0 Å². The molecular formula is C28H27NO3. The van der Waals surface area contributed by atoms with Gasteiger partial charge in [-0.1, -0.05) is 60.7 Å². The normalized spacial score (nSPS) is 10.4. The van der Waals surface area contributed by atoms with Gasteiger partial charge in [0, 0.05) is 12.2 Å². The van der Waals surface area contributed by atoms with Crippen molar-refractivity contribution >= 4 is 5.69 Å². The number of rotatable bonds is 11. The number of benzene rings is 4. The molecule has 0 bridgehead atoms. The molecule has 0 heterocycles. The maximum absolute atomic E-state index is 5.85. The van der Waals surface area contributed by atoms with Crippen LogP contribution in [0, 0.1) is 0 Å². The van der Waals surface area contributed by atoms with E-state index < -0.39 is 0 Å². The van der Waals surface area contributed by atoms with Crippen molar-refractivity contribution in [3.63, 3.8) is 0 Å². The number of para-hydroxylation sites is 1. The first-order valence-corrected chi connectivity index (χ1v) is 10.8. The van der Waals surface area contributed by atoms with Gasteiger partial charge in [0.1, 0.15) is 37.1 Å². The van der Waals surface area contributed by atoms with Gasteiger partial charge in [0.05, 0.1) is 0 Å². The number of ether oxygens (including phenoxy) is 3. The third kappa shape index (κ3) is 6.81. The molecule has 0 aliphatic heterocycles. The molecule has 0 radical (unpaired) electrons. The molecule has 32 heavy (non-hydrogen) atoms. The highest BCUT2D eigenvalue weighted by molar-refractivity contribution is 5.47. The Morgan fingerprint density at radius 3 is 1.84 bits per heavy atom. The fourth-order valence-corrected chi connectivity index (χ4v) is 3.20. The minimum atomic E-state index is 0.496. The van der Waals surface area contributed by atoms with Crippen LogP contribution < -0.4 is 19.5 Å². The summed E-state index contributed by atoms with van der Waals surface area (Å²) in [6, 6.07) is 36.0. The summed E-state index contributed by atoms with van der Waals surface area (Å²) in [5.41, 5.74) is 3.35. The highest BCUT2D eigenvalue weighted by atomic mass is 16.5. The lowest BCUT2D eigenvalue weighted by molar-refractivity contribution is 0.217. The lowest BCUT2D eigenvalue weighted by atomic mass is 10.2. The lowest BCUT2D eigenvalue weighted by Gasteiger charge is -2.11. The third-order valence-electron chi connectivity index (χ3n) is 4.86. The molecule has 0 aromatic heterocycles. The first kappa shape index (κ1) is 21.3. The largest absolute Gasteiger partial charge is 0.490 e. The summed E-state index contributed by atoms with van der Waals surface area (Å²) in [4.78, 5) is 0. The molecule has 0 fully saturated rings. The van der Waals surface area contributed by atoms with Crippen molar-refractivity contribution in [1.29, 1.82) is 0 Å². The molecule has 4 nitrogen and oxygen atoms in total. The van der Waals surface area contributed by atoms with Gasteiger partial charge >= 0.3 is 0 Å². The zero-order chi connectivity index (χ0) is 21.8. The predicted octanol–water partition coefficient (Wildman–Crippen LogP) is 6.34.